The molecule has 0 fully saturated rings. The summed E-state index contributed by atoms with van der Waals surface area (Å²) in [5.74, 6) is 0.196. The molecule has 0 aliphatic carbocycles. The average molecular weight is 241 g/mol. The summed E-state index contributed by atoms with van der Waals surface area (Å²) in [4.78, 5) is 11.5. The van der Waals surface area contributed by atoms with Gasteiger partial charge in [0.1, 0.15) is 0 Å². The van der Waals surface area contributed by atoms with Crippen LogP contribution in [0.3, 0.4) is 0 Å². The maximum Gasteiger partial charge on any atom is 0.220 e. The lowest BCUT2D eigenvalue weighted by atomic mass is 10.1. The molecule has 1 N–H and O–H groups in total. The van der Waals surface area contributed by atoms with Crippen molar-refractivity contribution in [2.24, 2.45) is 0 Å². The molecule has 0 aliphatic heterocycles. The Morgan fingerprint density at radius 2 is 1.82 bits per heavy atom. The molecule has 17 heavy (non-hydrogen) atoms. The van der Waals surface area contributed by atoms with E-state index in [9.17, 15) is 4.79 Å². The van der Waals surface area contributed by atoms with Gasteiger partial charge in [0.2, 0.25) is 5.91 Å². The van der Waals surface area contributed by atoms with E-state index in [0.717, 1.165) is 36.8 Å². The molecule has 0 rings (SSSR count). The van der Waals surface area contributed by atoms with Crippen LogP contribution in [0, 0.1) is 0 Å². The van der Waals surface area contributed by atoms with Gasteiger partial charge in [-0.3, -0.25) is 4.79 Å². The highest BCUT2D eigenvalue weighted by molar-refractivity contribution is 5.75. The molecule has 0 saturated carbocycles. The fourth-order valence-electron chi connectivity index (χ4n) is 1.55. The van der Waals surface area contributed by atoms with Crippen molar-refractivity contribution in [1.82, 2.24) is 5.32 Å². The molecule has 0 saturated heterocycles. The minimum atomic E-state index is 0.196. The lowest BCUT2D eigenvalue weighted by Crippen LogP contribution is -2.41. The molecular formula is C14H29N2O+. The van der Waals surface area contributed by atoms with Gasteiger partial charge < -0.3 is 9.80 Å². The molecule has 0 bridgehead atoms. The van der Waals surface area contributed by atoms with Crippen molar-refractivity contribution in [2.75, 3.05) is 34.2 Å². The third-order valence-electron chi connectivity index (χ3n) is 2.67. The summed E-state index contributed by atoms with van der Waals surface area (Å²) >= 11 is 0. The molecule has 0 atom stereocenters. The number of carbonyl (C=O) groups excluding carboxylic acids is 1. The zero-order valence-corrected chi connectivity index (χ0v) is 11.8. The summed E-state index contributed by atoms with van der Waals surface area (Å²) in [5, 5.41) is 2.97. The number of rotatable bonds is 10. The molecule has 0 heterocycles. The van der Waals surface area contributed by atoms with Crippen molar-refractivity contribution in [1.29, 1.82) is 0 Å². The fraction of sp³-hybridized carbons (Fsp3) is 0.786. The van der Waals surface area contributed by atoms with Crippen molar-refractivity contribution < 1.29 is 9.28 Å². The first-order valence-corrected chi connectivity index (χ1v) is 6.64. The number of carbonyl (C=O) groups is 1. The number of hydrogen-bond acceptors (Lipinski definition) is 1. The number of nitrogens with zero attached hydrogens (tertiary/aromatic N) is 1. The van der Waals surface area contributed by atoms with Gasteiger partial charge in [0.05, 0.1) is 34.2 Å². The Balaban J connectivity index is 3.32. The monoisotopic (exact) mass is 241 g/mol. The van der Waals surface area contributed by atoms with E-state index in [-0.39, 0.29) is 5.91 Å². The molecule has 0 aromatic rings. The second-order valence-corrected chi connectivity index (χ2v) is 5.61. The number of allylic oxidation sites excluding steroid dienone is 1. The van der Waals surface area contributed by atoms with E-state index >= 15 is 0 Å². The first-order valence-electron chi connectivity index (χ1n) is 6.64. The SMILES string of the molecule is C=CCCCCCCC(=O)NCC[N+](C)(C)C. The molecular weight excluding hydrogens is 212 g/mol. The number of amides is 1. The van der Waals surface area contributed by atoms with Crippen molar-refractivity contribution in [3.63, 3.8) is 0 Å². The number of unbranched alkanes of at least 4 members (excludes halogenated alkanes) is 4. The van der Waals surface area contributed by atoms with Gasteiger partial charge in [-0.15, -0.1) is 6.58 Å². The Hall–Kier alpha value is -0.830. The molecule has 0 aliphatic rings. The second-order valence-electron chi connectivity index (χ2n) is 5.61. The molecule has 1 amide bonds. The van der Waals surface area contributed by atoms with Crippen molar-refractivity contribution in [3.05, 3.63) is 12.7 Å². The topological polar surface area (TPSA) is 29.1 Å². The summed E-state index contributed by atoms with van der Waals surface area (Å²) in [7, 11) is 6.39. The normalized spacial score (nSPS) is 11.2. The van der Waals surface area contributed by atoms with Gasteiger partial charge in [-0.1, -0.05) is 18.9 Å². The Morgan fingerprint density at radius 1 is 1.18 bits per heavy atom. The lowest BCUT2D eigenvalue weighted by molar-refractivity contribution is -0.869. The van der Waals surface area contributed by atoms with Gasteiger partial charge in [0, 0.05) is 6.42 Å². The molecule has 100 valence electrons. The van der Waals surface area contributed by atoms with E-state index in [1.807, 2.05) is 6.08 Å². The van der Waals surface area contributed by atoms with Crippen LogP contribution in [0.5, 0.6) is 0 Å². The predicted molar refractivity (Wildman–Crippen MR) is 73.8 cm³/mol. The summed E-state index contributed by atoms with van der Waals surface area (Å²) in [6, 6.07) is 0. The van der Waals surface area contributed by atoms with Gasteiger partial charge >= 0.3 is 0 Å². The van der Waals surface area contributed by atoms with Crippen LogP contribution >= 0.6 is 0 Å². The lowest BCUT2D eigenvalue weighted by Gasteiger charge is -2.23. The van der Waals surface area contributed by atoms with E-state index in [1.54, 1.807) is 0 Å². The zero-order valence-electron chi connectivity index (χ0n) is 11.8. The summed E-state index contributed by atoms with van der Waals surface area (Å²) in [5.41, 5.74) is 0. The molecule has 3 heteroatoms. The zero-order chi connectivity index (χ0) is 13.1. The van der Waals surface area contributed by atoms with Gasteiger partial charge in [-0.2, -0.15) is 0 Å². The molecule has 0 spiro atoms. The van der Waals surface area contributed by atoms with Crippen molar-refractivity contribution in [2.45, 2.75) is 38.5 Å². The van der Waals surface area contributed by atoms with Crippen molar-refractivity contribution >= 4 is 5.91 Å². The molecule has 0 aromatic carbocycles. The smallest absolute Gasteiger partial charge is 0.220 e. The Kier molecular flexibility index (Phi) is 8.78. The maximum absolute atomic E-state index is 11.5. The standard InChI is InChI=1S/C14H28N2O/c1-5-6-7-8-9-10-11-14(17)15-12-13-16(2,3)4/h5H,1,6-13H2,2-4H3/p+1. The van der Waals surface area contributed by atoms with Gasteiger partial charge in [-0.05, 0) is 19.3 Å². The second kappa shape index (κ2) is 9.23. The van der Waals surface area contributed by atoms with Gasteiger partial charge in [-0.25, -0.2) is 0 Å². The van der Waals surface area contributed by atoms with E-state index in [4.69, 9.17) is 0 Å². The third kappa shape index (κ3) is 13.1. The third-order valence-corrected chi connectivity index (χ3v) is 2.67. The molecule has 0 aromatic heterocycles. The minimum absolute atomic E-state index is 0.196. The summed E-state index contributed by atoms with van der Waals surface area (Å²) in [6.07, 6.45) is 8.28. The first kappa shape index (κ1) is 16.2. The number of hydrogen-bond donors (Lipinski definition) is 1. The minimum Gasteiger partial charge on any atom is -0.350 e. The van der Waals surface area contributed by atoms with Crippen LogP contribution in [0.1, 0.15) is 38.5 Å². The highest BCUT2D eigenvalue weighted by Crippen LogP contribution is 2.05. The van der Waals surface area contributed by atoms with Gasteiger partial charge in [0.15, 0.2) is 0 Å². The van der Waals surface area contributed by atoms with Crippen LogP contribution < -0.4 is 5.32 Å². The summed E-state index contributed by atoms with van der Waals surface area (Å²) in [6.45, 7) is 5.45. The van der Waals surface area contributed by atoms with Crippen LogP contribution in [-0.4, -0.2) is 44.6 Å². The Bertz CT molecular complexity index is 219. The van der Waals surface area contributed by atoms with Crippen LogP contribution in [0.15, 0.2) is 12.7 Å². The van der Waals surface area contributed by atoms with E-state index in [2.05, 4.69) is 33.0 Å². The molecule has 0 unspecified atom stereocenters. The average Bonchev–Trinajstić information content (AvgIpc) is 2.21. The first-order chi connectivity index (χ1) is 7.95. The van der Waals surface area contributed by atoms with E-state index in [1.165, 1.54) is 12.8 Å². The van der Waals surface area contributed by atoms with Crippen LogP contribution in [0.25, 0.3) is 0 Å². The van der Waals surface area contributed by atoms with Gasteiger partial charge in [0.25, 0.3) is 0 Å². The van der Waals surface area contributed by atoms with Crippen LogP contribution in [0.4, 0.5) is 0 Å². The highest BCUT2D eigenvalue weighted by Gasteiger charge is 2.07. The van der Waals surface area contributed by atoms with Crippen LogP contribution in [-0.2, 0) is 4.79 Å². The highest BCUT2D eigenvalue weighted by atomic mass is 16.1. The fourth-order valence-corrected chi connectivity index (χ4v) is 1.55. The molecule has 3 nitrogen and oxygen atoms in total. The van der Waals surface area contributed by atoms with Crippen LogP contribution in [0.2, 0.25) is 0 Å². The Morgan fingerprint density at radius 3 is 2.41 bits per heavy atom. The number of quaternary nitrogens is 1. The van der Waals surface area contributed by atoms with E-state index < -0.39 is 0 Å². The van der Waals surface area contributed by atoms with E-state index in [0.29, 0.717) is 6.42 Å². The number of likely N-dealkylation sites (N-methyl/N-ethyl adjacent to an activating group) is 1. The predicted octanol–water partition coefficient (Wildman–Crippen LogP) is 2.34. The number of nitrogens with one attached hydrogen (secondary N) is 1. The largest absolute Gasteiger partial charge is 0.350 e. The molecule has 0 radical (unpaired) electrons. The maximum atomic E-state index is 11.5. The summed E-state index contributed by atoms with van der Waals surface area (Å²) < 4.78 is 0.891. The quantitative estimate of drug-likeness (QED) is 0.355. The van der Waals surface area contributed by atoms with Crippen molar-refractivity contribution in [3.8, 4) is 0 Å². The Labute approximate surface area is 106 Å².